The second-order valence-corrected chi connectivity index (χ2v) is 3.89. The number of alkyl halides is 3. The van der Waals surface area contributed by atoms with Gasteiger partial charge in [-0.1, -0.05) is 0 Å². The summed E-state index contributed by atoms with van der Waals surface area (Å²) in [7, 11) is 0. The van der Waals surface area contributed by atoms with Gasteiger partial charge in [0.15, 0.2) is 0 Å². The zero-order valence-electron chi connectivity index (χ0n) is 5.92. The van der Waals surface area contributed by atoms with E-state index in [1.54, 1.807) is 0 Å². The van der Waals surface area contributed by atoms with E-state index >= 15 is 0 Å². The van der Waals surface area contributed by atoms with E-state index in [-0.39, 0.29) is 8.95 Å². The topological polar surface area (TPSA) is 0 Å². The largest absolute Gasteiger partial charge is 0.417 e. The van der Waals surface area contributed by atoms with Crippen LogP contribution in [-0.2, 0) is 6.18 Å². The lowest BCUT2D eigenvalue weighted by atomic mass is 10.2. The summed E-state index contributed by atoms with van der Waals surface area (Å²) in [6.45, 7) is 0. The average molecular weight is 322 g/mol. The van der Waals surface area contributed by atoms with Gasteiger partial charge in [0.2, 0.25) is 0 Å². The Bertz CT molecular complexity index is 332. The smallest absolute Gasteiger partial charge is 0.207 e. The van der Waals surface area contributed by atoms with Crippen molar-refractivity contribution in [3.63, 3.8) is 0 Å². The first kappa shape index (κ1) is 11.0. The van der Waals surface area contributed by atoms with Crippen molar-refractivity contribution in [2.75, 3.05) is 0 Å². The molecule has 72 valence electrons. The van der Waals surface area contributed by atoms with Crippen LogP contribution in [0, 0.1) is 5.82 Å². The molecule has 13 heavy (non-hydrogen) atoms. The molecule has 0 saturated carbocycles. The summed E-state index contributed by atoms with van der Waals surface area (Å²) in [5.74, 6) is -0.928. The molecule has 0 heterocycles. The lowest BCUT2D eigenvalue weighted by Gasteiger charge is -2.09. The summed E-state index contributed by atoms with van der Waals surface area (Å²) in [6.07, 6.45) is -4.55. The first-order chi connectivity index (χ1) is 5.82. The molecule has 0 aliphatic carbocycles. The van der Waals surface area contributed by atoms with Crippen molar-refractivity contribution >= 4 is 31.9 Å². The molecule has 0 bridgehead atoms. The van der Waals surface area contributed by atoms with Crippen molar-refractivity contribution in [1.29, 1.82) is 0 Å². The van der Waals surface area contributed by atoms with Gasteiger partial charge in [-0.15, -0.1) is 0 Å². The summed E-state index contributed by atoms with van der Waals surface area (Å²) < 4.78 is 49.0. The van der Waals surface area contributed by atoms with Crippen LogP contribution in [0.5, 0.6) is 0 Å². The van der Waals surface area contributed by atoms with Gasteiger partial charge in [-0.05, 0) is 44.0 Å². The van der Waals surface area contributed by atoms with Crippen LogP contribution in [0.3, 0.4) is 0 Å². The van der Waals surface area contributed by atoms with Crippen molar-refractivity contribution in [3.8, 4) is 0 Å². The molecule has 0 N–H and O–H groups in total. The van der Waals surface area contributed by atoms with Crippen molar-refractivity contribution in [1.82, 2.24) is 0 Å². The summed E-state index contributed by atoms with van der Waals surface area (Å²) in [5.41, 5.74) is -1.03. The number of halogens is 6. The number of benzene rings is 1. The Hall–Kier alpha value is -0.100. The Balaban J connectivity index is 3.37. The molecule has 0 atom stereocenters. The predicted molar refractivity (Wildman–Crippen MR) is 46.8 cm³/mol. The van der Waals surface area contributed by atoms with Gasteiger partial charge in [-0.25, -0.2) is 4.39 Å². The molecular weight excluding hydrogens is 320 g/mol. The van der Waals surface area contributed by atoms with Gasteiger partial charge in [0.05, 0.1) is 5.56 Å². The maximum atomic E-state index is 12.6. The number of hydrogen-bond acceptors (Lipinski definition) is 0. The highest BCUT2D eigenvalue weighted by atomic mass is 79.9. The molecule has 0 aliphatic rings. The normalized spacial score (nSPS) is 11.8. The second-order valence-electron chi connectivity index (χ2n) is 2.25. The molecule has 0 saturated heterocycles. The van der Waals surface area contributed by atoms with E-state index in [9.17, 15) is 17.6 Å². The third-order valence-electron chi connectivity index (χ3n) is 1.30. The van der Waals surface area contributed by atoms with Gasteiger partial charge in [0, 0.05) is 8.95 Å². The van der Waals surface area contributed by atoms with Gasteiger partial charge in [0.25, 0.3) is 0 Å². The standard InChI is InChI=1S/C7H2Br2F4/c8-5-2-3(10)1-4(6(5)9)7(11,12)13/h1-2H. The molecule has 0 fully saturated rings. The zero-order valence-corrected chi connectivity index (χ0v) is 9.09. The van der Waals surface area contributed by atoms with E-state index in [1.807, 2.05) is 0 Å². The fourth-order valence-electron chi connectivity index (χ4n) is 0.762. The van der Waals surface area contributed by atoms with Crippen molar-refractivity contribution < 1.29 is 17.6 Å². The molecule has 0 unspecified atom stereocenters. The zero-order chi connectivity index (χ0) is 10.2. The Kier molecular flexibility index (Phi) is 3.01. The molecule has 1 aromatic rings. The average Bonchev–Trinajstić information content (AvgIpc) is 1.94. The van der Waals surface area contributed by atoms with Gasteiger partial charge >= 0.3 is 6.18 Å². The molecule has 0 aliphatic heterocycles. The van der Waals surface area contributed by atoms with Gasteiger partial charge in [-0.3, -0.25) is 0 Å². The molecule has 0 nitrogen and oxygen atoms in total. The van der Waals surface area contributed by atoms with Crippen molar-refractivity contribution in [2.45, 2.75) is 6.18 Å². The van der Waals surface area contributed by atoms with Crippen LogP contribution in [0.1, 0.15) is 5.56 Å². The Morgan fingerprint density at radius 2 is 1.62 bits per heavy atom. The molecule has 1 rings (SSSR count). The highest BCUT2D eigenvalue weighted by Gasteiger charge is 2.34. The summed E-state index contributed by atoms with van der Waals surface area (Å²) in [6, 6.07) is 1.40. The first-order valence-electron chi connectivity index (χ1n) is 3.04. The summed E-state index contributed by atoms with van der Waals surface area (Å²) in [5, 5.41) is 0. The lowest BCUT2D eigenvalue weighted by Crippen LogP contribution is -2.06. The van der Waals surface area contributed by atoms with E-state index in [0.717, 1.165) is 6.07 Å². The van der Waals surface area contributed by atoms with Gasteiger partial charge in [-0.2, -0.15) is 13.2 Å². The summed E-state index contributed by atoms with van der Waals surface area (Å²) >= 11 is 5.52. The molecule has 6 heteroatoms. The monoisotopic (exact) mass is 320 g/mol. The van der Waals surface area contributed by atoms with Crippen LogP contribution in [-0.4, -0.2) is 0 Å². The van der Waals surface area contributed by atoms with Crippen LogP contribution in [0.2, 0.25) is 0 Å². The fourth-order valence-corrected chi connectivity index (χ4v) is 1.65. The van der Waals surface area contributed by atoms with Crippen LogP contribution >= 0.6 is 31.9 Å². The lowest BCUT2D eigenvalue weighted by molar-refractivity contribution is -0.138. The minimum Gasteiger partial charge on any atom is -0.207 e. The highest BCUT2D eigenvalue weighted by molar-refractivity contribution is 9.13. The Labute approximate surface area is 88.2 Å². The summed E-state index contributed by atoms with van der Waals surface area (Å²) in [4.78, 5) is 0. The van der Waals surface area contributed by atoms with Crippen molar-refractivity contribution in [3.05, 3.63) is 32.5 Å². The highest BCUT2D eigenvalue weighted by Crippen LogP contribution is 2.38. The van der Waals surface area contributed by atoms with Gasteiger partial charge < -0.3 is 0 Å². The van der Waals surface area contributed by atoms with Crippen LogP contribution < -0.4 is 0 Å². The minimum absolute atomic E-state index is 0.0415. The maximum Gasteiger partial charge on any atom is 0.417 e. The maximum absolute atomic E-state index is 12.6. The third kappa shape index (κ3) is 2.43. The number of hydrogen-bond donors (Lipinski definition) is 0. The third-order valence-corrected chi connectivity index (χ3v) is 3.31. The molecular formula is C7H2Br2F4. The molecule has 0 aromatic heterocycles. The second kappa shape index (κ2) is 3.57. The van der Waals surface area contributed by atoms with E-state index in [1.165, 1.54) is 0 Å². The molecule has 0 radical (unpaired) electrons. The predicted octanol–water partition coefficient (Wildman–Crippen LogP) is 4.37. The minimum atomic E-state index is -4.55. The van der Waals surface area contributed by atoms with Crippen LogP contribution in [0.15, 0.2) is 21.1 Å². The van der Waals surface area contributed by atoms with Crippen LogP contribution in [0.4, 0.5) is 17.6 Å². The molecule has 0 amide bonds. The van der Waals surface area contributed by atoms with E-state index < -0.39 is 17.6 Å². The first-order valence-corrected chi connectivity index (χ1v) is 4.62. The van der Waals surface area contributed by atoms with E-state index in [0.29, 0.717) is 6.07 Å². The van der Waals surface area contributed by atoms with E-state index in [2.05, 4.69) is 31.9 Å². The molecule has 1 aromatic carbocycles. The van der Waals surface area contributed by atoms with Crippen LogP contribution in [0.25, 0.3) is 0 Å². The molecule has 0 spiro atoms. The Morgan fingerprint density at radius 1 is 1.08 bits per heavy atom. The fraction of sp³-hybridized carbons (Fsp3) is 0.143. The van der Waals surface area contributed by atoms with Gasteiger partial charge in [0.1, 0.15) is 5.82 Å². The van der Waals surface area contributed by atoms with E-state index in [4.69, 9.17) is 0 Å². The SMILES string of the molecule is Fc1cc(Br)c(Br)c(C(F)(F)F)c1. The number of rotatable bonds is 0. The van der Waals surface area contributed by atoms with Crippen molar-refractivity contribution in [2.24, 2.45) is 0 Å². The quantitative estimate of drug-likeness (QED) is 0.491. The Morgan fingerprint density at radius 3 is 2.08 bits per heavy atom.